The van der Waals surface area contributed by atoms with E-state index in [0.29, 0.717) is 19.6 Å². The topological polar surface area (TPSA) is 81.8 Å². The van der Waals surface area contributed by atoms with E-state index >= 15 is 0 Å². The number of nitrogens with one attached hydrogen (secondary N) is 2. The number of amides is 4. The molecule has 0 aromatic rings. The zero-order valence-corrected chi connectivity index (χ0v) is 11.7. The first-order valence-corrected chi connectivity index (χ1v) is 6.53. The molecule has 1 atom stereocenters. The minimum absolute atomic E-state index is 0.116. The quantitative estimate of drug-likeness (QED) is 0.674. The zero-order chi connectivity index (χ0) is 14.4. The summed E-state index contributed by atoms with van der Waals surface area (Å²) in [5.74, 6) is -0.393. The molecule has 0 spiro atoms. The molecule has 7 heteroatoms. The number of likely N-dealkylation sites (N-methyl/N-ethyl adjacent to an activating group) is 1. The number of urea groups is 1. The van der Waals surface area contributed by atoms with Gasteiger partial charge in [0.25, 0.3) is 0 Å². The van der Waals surface area contributed by atoms with Crippen LogP contribution in [0.4, 0.5) is 4.79 Å². The maximum absolute atomic E-state index is 12.1. The van der Waals surface area contributed by atoms with Gasteiger partial charge in [-0.2, -0.15) is 0 Å². The summed E-state index contributed by atoms with van der Waals surface area (Å²) in [6.45, 7) is 5.31. The third-order valence-electron chi connectivity index (χ3n) is 3.11. The van der Waals surface area contributed by atoms with Crippen molar-refractivity contribution in [3.8, 4) is 0 Å². The van der Waals surface area contributed by atoms with Gasteiger partial charge in [0.15, 0.2) is 0 Å². The standard InChI is InChI=1S/C12H22N4O3/c1-4-5-13-10(17)8-15(3)9(2)11(18)16-7-6-14-12(16)19/h9H,4-8H2,1-3H3,(H,13,17)(H,14,19)/t9-/m1/s1. The molecule has 108 valence electrons. The lowest BCUT2D eigenvalue weighted by Gasteiger charge is -2.25. The highest BCUT2D eigenvalue weighted by atomic mass is 16.2. The average Bonchev–Trinajstić information content (AvgIpc) is 2.80. The van der Waals surface area contributed by atoms with E-state index in [0.717, 1.165) is 6.42 Å². The van der Waals surface area contributed by atoms with Crippen LogP contribution in [0.25, 0.3) is 0 Å². The van der Waals surface area contributed by atoms with Crippen molar-refractivity contribution < 1.29 is 14.4 Å². The van der Waals surface area contributed by atoms with E-state index in [9.17, 15) is 14.4 Å². The Hall–Kier alpha value is -1.63. The number of hydrogen-bond acceptors (Lipinski definition) is 4. The van der Waals surface area contributed by atoms with Gasteiger partial charge < -0.3 is 10.6 Å². The number of imide groups is 1. The van der Waals surface area contributed by atoms with Gasteiger partial charge >= 0.3 is 6.03 Å². The maximum atomic E-state index is 12.1. The van der Waals surface area contributed by atoms with Crippen LogP contribution >= 0.6 is 0 Å². The van der Waals surface area contributed by atoms with Crippen LogP contribution in [0.3, 0.4) is 0 Å². The minimum atomic E-state index is -0.503. The highest BCUT2D eigenvalue weighted by molar-refractivity contribution is 5.98. The molecule has 1 saturated heterocycles. The van der Waals surface area contributed by atoms with Gasteiger partial charge in [-0.25, -0.2) is 4.79 Å². The smallest absolute Gasteiger partial charge is 0.324 e. The second kappa shape index (κ2) is 7.08. The van der Waals surface area contributed by atoms with Crippen molar-refractivity contribution in [2.75, 3.05) is 33.2 Å². The Bertz CT molecular complexity index is 359. The summed E-state index contributed by atoms with van der Waals surface area (Å²) in [5, 5.41) is 5.33. The van der Waals surface area contributed by atoms with E-state index < -0.39 is 6.04 Å². The molecule has 1 heterocycles. The van der Waals surface area contributed by atoms with Crippen molar-refractivity contribution in [3.63, 3.8) is 0 Å². The normalized spacial score (nSPS) is 16.4. The lowest BCUT2D eigenvalue weighted by Crippen LogP contribution is -2.49. The number of rotatable bonds is 6. The molecule has 0 aromatic heterocycles. The second-order valence-corrected chi connectivity index (χ2v) is 4.66. The molecule has 0 unspecified atom stereocenters. The van der Waals surface area contributed by atoms with Gasteiger partial charge in [-0.1, -0.05) is 6.92 Å². The van der Waals surface area contributed by atoms with Crippen LogP contribution in [0.5, 0.6) is 0 Å². The fourth-order valence-corrected chi connectivity index (χ4v) is 1.78. The van der Waals surface area contributed by atoms with Gasteiger partial charge in [-0.15, -0.1) is 0 Å². The molecule has 0 aromatic carbocycles. The number of nitrogens with zero attached hydrogens (tertiary/aromatic N) is 2. The summed E-state index contributed by atoms with van der Waals surface area (Å²) in [6, 6.07) is -0.864. The SMILES string of the molecule is CCCNC(=O)CN(C)[C@H](C)C(=O)N1CCNC1=O. The summed E-state index contributed by atoms with van der Waals surface area (Å²) >= 11 is 0. The van der Waals surface area contributed by atoms with Crippen molar-refractivity contribution in [2.45, 2.75) is 26.3 Å². The molecular formula is C12H22N4O3. The molecule has 4 amide bonds. The Morgan fingerprint density at radius 2 is 2.21 bits per heavy atom. The van der Waals surface area contributed by atoms with Crippen LogP contribution < -0.4 is 10.6 Å². The van der Waals surface area contributed by atoms with Crippen LogP contribution in [-0.4, -0.2) is 66.9 Å². The molecule has 19 heavy (non-hydrogen) atoms. The maximum Gasteiger partial charge on any atom is 0.324 e. The predicted molar refractivity (Wildman–Crippen MR) is 70.5 cm³/mol. The summed E-state index contributed by atoms with van der Waals surface area (Å²) in [7, 11) is 1.70. The summed E-state index contributed by atoms with van der Waals surface area (Å²) < 4.78 is 0. The summed E-state index contributed by atoms with van der Waals surface area (Å²) in [6.07, 6.45) is 0.873. The lowest BCUT2D eigenvalue weighted by molar-refractivity contribution is -0.133. The Kier molecular flexibility index (Phi) is 5.75. The summed E-state index contributed by atoms with van der Waals surface area (Å²) in [5.41, 5.74) is 0. The van der Waals surface area contributed by atoms with Gasteiger partial charge in [0.05, 0.1) is 12.6 Å². The molecule has 1 fully saturated rings. The summed E-state index contributed by atoms with van der Waals surface area (Å²) in [4.78, 5) is 37.9. The van der Waals surface area contributed by atoms with Gasteiger partial charge in [0.2, 0.25) is 11.8 Å². The third-order valence-corrected chi connectivity index (χ3v) is 3.11. The monoisotopic (exact) mass is 270 g/mol. The molecule has 0 radical (unpaired) electrons. The van der Waals surface area contributed by atoms with Crippen LogP contribution in [0, 0.1) is 0 Å². The molecule has 0 saturated carbocycles. The molecular weight excluding hydrogens is 248 g/mol. The second-order valence-electron chi connectivity index (χ2n) is 4.66. The zero-order valence-electron chi connectivity index (χ0n) is 11.7. The molecule has 0 bridgehead atoms. The number of carbonyl (C=O) groups excluding carboxylic acids is 3. The highest BCUT2D eigenvalue weighted by Crippen LogP contribution is 2.05. The van der Waals surface area contributed by atoms with Gasteiger partial charge in [0.1, 0.15) is 0 Å². The van der Waals surface area contributed by atoms with Crippen LogP contribution in [0.1, 0.15) is 20.3 Å². The van der Waals surface area contributed by atoms with Crippen LogP contribution in [0.2, 0.25) is 0 Å². The molecule has 1 rings (SSSR count). The number of carbonyl (C=O) groups is 3. The van der Waals surface area contributed by atoms with E-state index in [-0.39, 0.29) is 24.4 Å². The van der Waals surface area contributed by atoms with Crippen molar-refractivity contribution in [1.29, 1.82) is 0 Å². The van der Waals surface area contributed by atoms with E-state index in [1.54, 1.807) is 18.9 Å². The van der Waals surface area contributed by atoms with Crippen molar-refractivity contribution in [1.82, 2.24) is 20.4 Å². The Morgan fingerprint density at radius 3 is 2.74 bits per heavy atom. The van der Waals surface area contributed by atoms with Crippen molar-refractivity contribution >= 4 is 17.8 Å². The van der Waals surface area contributed by atoms with E-state index in [4.69, 9.17) is 0 Å². The molecule has 0 aliphatic carbocycles. The molecule has 1 aliphatic heterocycles. The van der Waals surface area contributed by atoms with E-state index in [1.165, 1.54) is 4.90 Å². The fraction of sp³-hybridized carbons (Fsp3) is 0.750. The Morgan fingerprint density at radius 1 is 1.53 bits per heavy atom. The van der Waals surface area contributed by atoms with Gasteiger partial charge in [0, 0.05) is 19.6 Å². The first kappa shape index (κ1) is 15.4. The van der Waals surface area contributed by atoms with Crippen molar-refractivity contribution in [2.24, 2.45) is 0 Å². The predicted octanol–water partition coefficient (Wildman–Crippen LogP) is -0.615. The Balaban J connectivity index is 2.47. The van der Waals surface area contributed by atoms with Gasteiger partial charge in [-0.3, -0.25) is 19.4 Å². The van der Waals surface area contributed by atoms with E-state index in [2.05, 4.69) is 10.6 Å². The highest BCUT2D eigenvalue weighted by Gasteiger charge is 2.31. The lowest BCUT2D eigenvalue weighted by atomic mass is 10.2. The van der Waals surface area contributed by atoms with Crippen LogP contribution in [0.15, 0.2) is 0 Å². The van der Waals surface area contributed by atoms with E-state index in [1.807, 2.05) is 6.92 Å². The molecule has 2 N–H and O–H groups in total. The third kappa shape index (κ3) is 4.20. The van der Waals surface area contributed by atoms with Gasteiger partial charge in [-0.05, 0) is 20.4 Å². The average molecular weight is 270 g/mol. The fourth-order valence-electron chi connectivity index (χ4n) is 1.78. The number of hydrogen-bond donors (Lipinski definition) is 2. The van der Waals surface area contributed by atoms with Crippen LogP contribution in [-0.2, 0) is 9.59 Å². The van der Waals surface area contributed by atoms with Crippen molar-refractivity contribution in [3.05, 3.63) is 0 Å². The Labute approximate surface area is 113 Å². The molecule has 1 aliphatic rings. The largest absolute Gasteiger partial charge is 0.355 e. The minimum Gasteiger partial charge on any atom is -0.355 e. The first-order valence-electron chi connectivity index (χ1n) is 6.53. The molecule has 7 nitrogen and oxygen atoms in total. The first-order chi connectivity index (χ1) is 8.97.